The monoisotopic (exact) mass is 610 g/mol. The zero-order valence-electron chi connectivity index (χ0n) is 24.8. The smallest absolute Gasteiger partial charge is 0.296 e. The van der Waals surface area contributed by atoms with Crippen LogP contribution in [0.25, 0.3) is 5.76 Å². The van der Waals surface area contributed by atoms with Crippen LogP contribution in [-0.2, 0) is 34.7 Å². The number of unbranched alkanes of at least 4 members (excludes halogenated alkanes) is 1. The molecule has 1 unspecified atom stereocenters. The fraction of sp³-hybridized carbons (Fsp3) is 0.452. The second-order valence-electron chi connectivity index (χ2n) is 11.2. The first-order chi connectivity index (χ1) is 20.6. The van der Waals surface area contributed by atoms with Crippen LogP contribution in [0.15, 0.2) is 59.0 Å². The Balaban J connectivity index is 1.70. The van der Waals surface area contributed by atoms with Crippen molar-refractivity contribution in [2.75, 3.05) is 64.9 Å². The number of ether oxygens (including phenoxy) is 1. The van der Waals surface area contributed by atoms with Gasteiger partial charge in [-0.15, -0.1) is 0 Å². The third kappa shape index (κ3) is 5.16. The van der Waals surface area contributed by atoms with Gasteiger partial charge in [-0.05, 0) is 51.7 Å². The van der Waals surface area contributed by atoms with Gasteiger partial charge in [-0.25, -0.2) is 8.42 Å². The molecule has 1 atom stereocenters. The summed E-state index contributed by atoms with van der Waals surface area (Å²) in [6.45, 7) is 4.02. The van der Waals surface area contributed by atoms with Gasteiger partial charge in [-0.2, -0.15) is 4.31 Å². The molecular formula is C31H38N4O7S. The minimum atomic E-state index is -3.93. The number of aliphatic hydroxyl groups is 1. The lowest BCUT2D eigenvalue weighted by Gasteiger charge is -2.35. The highest BCUT2D eigenvalue weighted by molar-refractivity contribution is 7.89. The summed E-state index contributed by atoms with van der Waals surface area (Å²) in [5.74, 6) is -2.93. The van der Waals surface area contributed by atoms with Crippen LogP contribution in [-0.4, -0.2) is 105 Å². The third-order valence-corrected chi connectivity index (χ3v) is 10.1. The Bertz CT molecular complexity index is 1570. The van der Waals surface area contributed by atoms with E-state index in [2.05, 4.69) is 0 Å². The Morgan fingerprint density at radius 2 is 1.72 bits per heavy atom. The number of amides is 2. The lowest BCUT2D eigenvalue weighted by Crippen LogP contribution is -2.52. The quantitative estimate of drug-likeness (QED) is 0.247. The molecule has 1 spiro atoms. The topological polar surface area (TPSA) is 128 Å². The summed E-state index contributed by atoms with van der Waals surface area (Å²) < 4.78 is 33.4. The van der Waals surface area contributed by atoms with E-state index in [9.17, 15) is 27.9 Å². The van der Waals surface area contributed by atoms with E-state index in [0.717, 1.165) is 6.42 Å². The van der Waals surface area contributed by atoms with E-state index in [1.54, 1.807) is 29.2 Å². The van der Waals surface area contributed by atoms with Crippen molar-refractivity contribution in [1.29, 1.82) is 0 Å². The van der Waals surface area contributed by atoms with Gasteiger partial charge in [-0.3, -0.25) is 14.4 Å². The molecule has 0 aromatic heterocycles. The molecule has 43 heavy (non-hydrogen) atoms. The van der Waals surface area contributed by atoms with Gasteiger partial charge < -0.3 is 24.5 Å². The summed E-state index contributed by atoms with van der Waals surface area (Å²) in [7, 11) is -0.139. The maximum atomic E-state index is 14.6. The summed E-state index contributed by atoms with van der Waals surface area (Å²) in [6.07, 6.45) is 2.01. The lowest BCUT2D eigenvalue weighted by atomic mass is 9.82. The van der Waals surface area contributed by atoms with E-state index < -0.39 is 38.9 Å². The van der Waals surface area contributed by atoms with Crippen molar-refractivity contribution >= 4 is 39.1 Å². The van der Waals surface area contributed by atoms with Crippen LogP contribution in [0.1, 0.15) is 37.3 Å². The molecule has 11 nitrogen and oxygen atoms in total. The molecule has 0 saturated carbocycles. The van der Waals surface area contributed by atoms with Crippen LogP contribution >= 0.6 is 0 Å². The second-order valence-corrected chi connectivity index (χ2v) is 13.2. The average Bonchev–Trinajstić information content (AvgIpc) is 3.38. The zero-order valence-corrected chi connectivity index (χ0v) is 25.6. The molecule has 3 aliphatic heterocycles. The number of rotatable bonds is 10. The second kappa shape index (κ2) is 12.2. The molecule has 1 N–H and O–H groups in total. The van der Waals surface area contributed by atoms with Crippen LogP contribution in [0.2, 0.25) is 0 Å². The molecule has 2 aromatic carbocycles. The normalized spacial score (nSPS) is 22.3. The highest BCUT2D eigenvalue weighted by Gasteiger charge is 2.66. The minimum absolute atomic E-state index is 0.0253. The average molecular weight is 611 g/mol. The number of para-hydroxylation sites is 1. The van der Waals surface area contributed by atoms with Gasteiger partial charge >= 0.3 is 0 Å². The number of sulfonamides is 1. The van der Waals surface area contributed by atoms with Gasteiger partial charge in [-0.1, -0.05) is 43.7 Å². The molecule has 3 heterocycles. The zero-order chi connectivity index (χ0) is 30.9. The maximum Gasteiger partial charge on any atom is 0.296 e. The van der Waals surface area contributed by atoms with Gasteiger partial charge in [0.1, 0.15) is 5.76 Å². The first-order valence-electron chi connectivity index (χ1n) is 14.6. The van der Waals surface area contributed by atoms with Crippen LogP contribution < -0.4 is 4.90 Å². The van der Waals surface area contributed by atoms with Crippen molar-refractivity contribution in [2.24, 2.45) is 0 Å². The number of carbonyl (C=O) groups excluding carboxylic acids is 3. The largest absolute Gasteiger partial charge is 0.507 e. The van der Waals surface area contributed by atoms with Gasteiger partial charge in [0.05, 0.1) is 29.4 Å². The number of hydrogen-bond donors (Lipinski definition) is 1. The van der Waals surface area contributed by atoms with E-state index in [0.29, 0.717) is 37.2 Å². The number of benzene rings is 2. The summed E-state index contributed by atoms with van der Waals surface area (Å²) in [5.41, 5.74) is -1.18. The Labute approximate surface area is 252 Å². The molecule has 230 valence electrons. The molecular weight excluding hydrogens is 572 g/mol. The first-order valence-corrected chi connectivity index (χ1v) is 16.0. The van der Waals surface area contributed by atoms with Gasteiger partial charge in [0.25, 0.3) is 17.6 Å². The standard InChI is InChI=1S/C31H38N4O7S/c1-4-5-15-34-25-13-7-6-12-24(25)31(30(34)39)26(28(37)29(38)35(31)16-9-14-32(2)3)27(36)22-10-8-11-23(21-22)43(40,41)33-17-19-42-20-18-33/h6-8,10-13,21,36H,4-5,9,14-20H2,1-3H3/b27-26+. The fourth-order valence-electron chi connectivity index (χ4n) is 6.13. The third-order valence-electron chi connectivity index (χ3n) is 8.25. The van der Waals surface area contributed by atoms with E-state index in [-0.39, 0.29) is 48.9 Å². The first kappa shape index (κ1) is 30.9. The number of fused-ring (bicyclic) bond motifs is 2. The molecule has 5 rings (SSSR count). The molecule has 3 aliphatic rings. The lowest BCUT2D eigenvalue weighted by molar-refractivity contribution is -0.143. The van der Waals surface area contributed by atoms with Gasteiger partial charge in [0.2, 0.25) is 10.0 Å². The number of ketones is 1. The predicted octanol–water partition coefficient (Wildman–Crippen LogP) is 2.38. The maximum absolute atomic E-state index is 14.6. The number of nitrogens with zero attached hydrogens (tertiary/aromatic N) is 4. The SMILES string of the molecule is CCCCN1C(=O)C2(/C(=C(/O)c3cccc(S(=O)(=O)N4CCOCC4)c3)C(=O)C(=O)N2CCCN(C)C)c2ccccc21. The summed E-state index contributed by atoms with van der Waals surface area (Å²) >= 11 is 0. The van der Waals surface area contributed by atoms with E-state index in [1.807, 2.05) is 25.9 Å². The van der Waals surface area contributed by atoms with E-state index in [1.165, 1.54) is 33.5 Å². The number of aliphatic hydroxyl groups excluding tert-OH is 1. The summed E-state index contributed by atoms with van der Waals surface area (Å²) in [4.78, 5) is 46.9. The molecule has 12 heteroatoms. The Morgan fingerprint density at radius 3 is 2.42 bits per heavy atom. The molecule has 0 radical (unpaired) electrons. The highest BCUT2D eigenvalue weighted by Crippen LogP contribution is 2.53. The number of likely N-dealkylation sites (tertiary alicyclic amines) is 1. The van der Waals surface area contributed by atoms with Crippen molar-refractivity contribution in [1.82, 2.24) is 14.1 Å². The number of carbonyl (C=O) groups is 3. The number of morpholine rings is 1. The Morgan fingerprint density at radius 1 is 1.00 bits per heavy atom. The van der Waals surface area contributed by atoms with Crippen LogP contribution in [0.4, 0.5) is 5.69 Å². The van der Waals surface area contributed by atoms with E-state index >= 15 is 0 Å². The van der Waals surface area contributed by atoms with Crippen molar-refractivity contribution in [3.05, 3.63) is 65.2 Å². The predicted molar refractivity (Wildman–Crippen MR) is 161 cm³/mol. The van der Waals surface area contributed by atoms with Crippen molar-refractivity contribution in [3.63, 3.8) is 0 Å². The molecule has 2 amide bonds. The van der Waals surface area contributed by atoms with Crippen molar-refractivity contribution in [3.8, 4) is 0 Å². The highest BCUT2D eigenvalue weighted by atomic mass is 32.2. The number of Topliss-reactive ketones (excluding diaryl/α,β-unsaturated/α-hetero) is 1. The summed E-state index contributed by atoms with van der Waals surface area (Å²) in [5, 5.41) is 11.8. The van der Waals surface area contributed by atoms with Crippen molar-refractivity contribution in [2.45, 2.75) is 36.6 Å². The molecule has 0 aliphatic carbocycles. The molecule has 2 saturated heterocycles. The van der Waals surface area contributed by atoms with Gasteiger partial charge in [0, 0.05) is 37.3 Å². The van der Waals surface area contributed by atoms with Crippen LogP contribution in [0.5, 0.6) is 0 Å². The number of hydrogen-bond acceptors (Lipinski definition) is 8. The summed E-state index contributed by atoms with van der Waals surface area (Å²) in [6, 6.07) is 12.7. The Hall–Kier alpha value is -3.58. The van der Waals surface area contributed by atoms with Crippen molar-refractivity contribution < 1.29 is 32.6 Å². The fourth-order valence-corrected chi connectivity index (χ4v) is 7.59. The Kier molecular flexibility index (Phi) is 8.75. The van der Waals surface area contributed by atoms with Crippen LogP contribution in [0.3, 0.4) is 0 Å². The molecule has 0 bridgehead atoms. The number of anilines is 1. The molecule has 2 fully saturated rings. The minimum Gasteiger partial charge on any atom is -0.507 e. The van der Waals surface area contributed by atoms with Crippen LogP contribution in [0, 0.1) is 0 Å². The molecule has 2 aromatic rings. The van der Waals surface area contributed by atoms with E-state index in [4.69, 9.17) is 4.74 Å². The van der Waals surface area contributed by atoms with Gasteiger partial charge in [0.15, 0.2) is 5.54 Å².